The van der Waals surface area contributed by atoms with Gasteiger partial charge < -0.3 is 10.6 Å². The lowest BCUT2D eigenvalue weighted by Gasteiger charge is -2.11. The first-order valence-electron chi connectivity index (χ1n) is 5.49. The number of benzene rings is 1. The molecule has 4 nitrogen and oxygen atoms in total. The third-order valence-electron chi connectivity index (χ3n) is 2.46. The number of nitrogens with zero attached hydrogens (tertiary/aromatic N) is 2. The lowest BCUT2D eigenvalue weighted by molar-refractivity contribution is 0.756. The highest BCUT2D eigenvalue weighted by Gasteiger charge is 2.08. The Bertz CT molecular complexity index is 624. The molecule has 0 saturated heterocycles. The van der Waals surface area contributed by atoms with Crippen LogP contribution in [0.4, 0.5) is 11.4 Å². The van der Waals surface area contributed by atoms with E-state index in [1.807, 2.05) is 20.2 Å². The van der Waals surface area contributed by atoms with Crippen LogP contribution in [0.1, 0.15) is 5.69 Å². The molecule has 0 aliphatic carbocycles. The molecule has 1 heterocycles. The van der Waals surface area contributed by atoms with Crippen molar-refractivity contribution in [1.29, 1.82) is 0 Å². The number of aromatic nitrogens is 2. The molecule has 0 saturated carbocycles. The molecule has 0 unspecified atom stereocenters. The van der Waals surface area contributed by atoms with Gasteiger partial charge in [0.1, 0.15) is 0 Å². The van der Waals surface area contributed by atoms with Gasteiger partial charge in [-0.2, -0.15) is 5.10 Å². The molecular weight excluding hydrogens is 303 g/mol. The molecule has 1 aromatic heterocycles. The van der Waals surface area contributed by atoms with E-state index in [-0.39, 0.29) is 0 Å². The highest BCUT2D eigenvalue weighted by atomic mass is 35.5. The average Bonchev–Trinajstić information content (AvgIpc) is 2.64. The van der Waals surface area contributed by atoms with Crippen LogP contribution in [0.25, 0.3) is 0 Å². The third-order valence-corrected chi connectivity index (χ3v) is 3.48. The van der Waals surface area contributed by atoms with Crippen molar-refractivity contribution in [2.45, 2.75) is 6.92 Å². The molecule has 0 spiro atoms. The summed E-state index contributed by atoms with van der Waals surface area (Å²) < 4.78 is 1.71. The van der Waals surface area contributed by atoms with E-state index < -0.39 is 0 Å². The molecule has 2 rings (SSSR count). The van der Waals surface area contributed by atoms with E-state index >= 15 is 0 Å². The Hall–Kier alpha value is -1.30. The Kier molecular flexibility index (Phi) is 4.29. The number of hydrogen-bond donors (Lipinski definition) is 2. The second-order valence-corrected chi connectivity index (χ2v) is 5.18. The van der Waals surface area contributed by atoms with Gasteiger partial charge in [0, 0.05) is 13.2 Å². The summed E-state index contributed by atoms with van der Waals surface area (Å²) in [5.41, 5.74) is 2.37. The molecule has 0 bridgehead atoms. The predicted molar refractivity (Wildman–Crippen MR) is 84.3 cm³/mol. The van der Waals surface area contributed by atoms with Crippen LogP contribution in [0.15, 0.2) is 24.4 Å². The highest BCUT2D eigenvalue weighted by Crippen LogP contribution is 2.29. The van der Waals surface area contributed by atoms with Crippen LogP contribution in [0.3, 0.4) is 0 Å². The van der Waals surface area contributed by atoms with E-state index in [9.17, 15) is 0 Å². The number of halogens is 2. The topological polar surface area (TPSA) is 41.9 Å². The van der Waals surface area contributed by atoms with Gasteiger partial charge in [-0.15, -0.1) is 0 Å². The molecule has 0 amide bonds. The lowest BCUT2D eigenvalue weighted by Crippen LogP contribution is -2.19. The van der Waals surface area contributed by atoms with E-state index in [0.29, 0.717) is 20.8 Å². The van der Waals surface area contributed by atoms with Crippen molar-refractivity contribution in [3.05, 3.63) is 40.1 Å². The summed E-state index contributed by atoms with van der Waals surface area (Å²) in [6.07, 6.45) is 1.85. The van der Waals surface area contributed by atoms with Gasteiger partial charge in [0.25, 0.3) is 0 Å². The SMILES string of the molecule is Cc1nn(C)cc1NC(=S)Nc1cccc(Cl)c1Cl. The molecule has 2 aromatic rings. The van der Waals surface area contributed by atoms with Crippen LogP contribution >= 0.6 is 35.4 Å². The Morgan fingerprint density at radius 2 is 1.95 bits per heavy atom. The zero-order valence-electron chi connectivity index (χ0n) is 10.4. The third kappa shape index (κ3) is 3.37. The number of nitrogens with one attached hydrogen (secondary N) is 2. The maximum Gasteiger partial charge on any atom is 0.175 e. The largest absolute Gasteiger partial charge is 0.331 e. The molecule has 2 N–H and O–H groups in total. The Morgan fingerprint density at radius 1 is 1.26 bits per heavy atom. The van der Waals surface area contributed by atoms with E-state index in [2.05, 4.69) is 15.7 Å². The van der Waals surface area contributed by atoms with Crippen LogP contribution in [-0.4, -0.2) is 14.9 Å². The minimum atomic E-state index is 0.431. The van der Waals surface area contributed by atoms with E-state index in [1.165, 1.54) is 0 Å². The van der Waals surface area contributed by atoms with Gasteiger partial charge in [-0.3, -0.25) is 4.68 Å². The van der Waals surface area contributed by atoms with Gasteiger partial charge >= 0.3 is 0 Å². The number of thiocarbonyl (C=S) groups is 1. The molecule has 100 valence electrons. The van der Waals surface area contributed by atoms with Crippen molar-refractivity contribution in [3.8, 4) is 0 Å². The number of anilines is 2. The van der Waals surface area contributed by atoms with Gasteiger partial charge in [0.05, 0.1) is 27.1 Å². The average molecular weight is 315 g/mol. The van der Waals surface area contributed by atoms with Crippen molar-refractivity contribution < 1.29 is 0 Å². The zero-order chi connectivity index (χ0) is 14.0. The quantitative estimate of drug-likeness (QED) is 0.826. The molecule has 0 aliphatic rings. The van der Waals surface area contributed by atoms with Crippen LogP contribution in [0, 0.1) is 6.92 Å². The highest BCUT2D eigenvalue weighted by molar-refractivity contribution is 7.80. The van der Waals surface area contributed by atoms with E-state index in [4.69, 9.17) is 35.4 Å². The number of hydrogen-bond acceptors (Lipinski definition) is 2. The van der Waals surface area contributed by atoms with Gasteiger partial charge in [-0.05, 0) is 31.3 Å². The Labute approximate surface area is 126 Å². The summed E-state index contributed by atoms with van der Waals surface area (Å²) >= 11 is 17.2. The summed E-state index contributed by atoms with van der Waals surface area (Å²) in [7, 11) is 1.85. The fraction of sp³-hybridized carbons (Fsp3) is 0.167. The first kappa shape index (κ1) is 14.1. The molecule has 19 heavy (non-hydrogen) atoms. The van der Waals surface area contributed by atoms with Crippen molar-refractivity contribution in [2.24, 2.45) is 7.05 Å². The van der Waals surface area contributed by atoms with Gasteiger partial charge in [-0.25, -0.2) is 0 Å². The van der Waals surface area contributed by atoms with Crippen molar-refractivity contribution >= 4 is 51.9 Å². The first-order chi connectivity index (χ1) is 8.97. The van der Waals surface area contributed by atoms with Crippen LogP contribution < -0.4 is 10.6 Å². The van der Waals surface area contributed by atoms with Crippen LogP contribution in [0.2, 0.25) is 10.0 Å². The van der Waals surface area contributed by atoms with Gasteiger partial charge in [0.2, 0.25) is 0 Å². The molecule has 0 radical (unpaired) electrons. The summed E-state index contributed by atoms with van der Waals surface area (Å²) in [4.78, 5) is 0. The Morgan fingerprint density at radius 3 is 2.58 bits per heavy atom. The second kappa shape index (κ2) is 5.77. The van der Waals surface area contributed by atoms with Crippen molar-refractivity contribution in [2.75, 3.05) is 10.6 Å². The molecular formula is C12H12Cl2N4S. The molecule has 0 aliphatic heterocycles. The summed E-state index contributed by atoms with van der Waals surface area (Å²) in [6, 6.07) is 5.32. The predicted octanol–water partition coefficient (Wildman–Crippen LogP) is 3.84. The molecule has 0 fully saturated rings. The second-order valence-electron chi connectivity index (χ2n) is 3.98. The van der Waals surface area contributed by atoms with Crippen LogP contribution in [0.5, 0.6) is 0 Å². The lowest BCUT2D eigenvalue weighted by atomic mass is 10.3. The summed E-state index contributed by atoms with van der Waals surface area (Å²) in [6.45, 7) is 1.90. The molecule has 1 aromatic carbocycles. The standard InChI is InChI=1S/C12H12Cl2N4S/c1-7-10(6-18(2)17-7)16-12(19)15-9-5-3-4-8(13)11(9)14/h3-6H,1-2H3,(H2,15,16,19). The number of aryl methyl sites for hydroxylation is 2. The summed E-state index contributed by atoms with van der Waals surface area (Å²) in [5.74, 6) is 0. The van der Waals surface area contributed by atoms with Crippen LogP contribution in [-0.2, 0) is 7.05 Å². The fourth-order valence-electron chi connectivity index (χ4n) is 1.60. The molecule has 0 atom stereocenters. The zero-order valence-corrected chi connectivity index (χ0v) is 12.7. The van der Waals surface area contributed by atoms with E-state index in [0.717, 1.165) is 11.4 Å². The minimum Gasteiger partial charge on any atom is -0.331 e. The summed E-state index contributed by atoms with van der Waals surface area (Å²) in [5, 5.41) is 11.6. The van der Waals surface area contributed by atoms with Crippen molar-refractivity contribution in [1.82, 2.24) is 9.78 Å². The fourth-order valence-corrected chi connectivity index (χ4v) is 2.17. The minimum absolute atomic E-state index is 0.431. The maximum absolute atomic E-state index is 6.08. The van der Waals surface area contributed by atoms with Crippen molar-refractivity contribution in [3.63, 3.8) is 0 Å². The Balaban J connectivity index is 2.10. The van der Waals surface area contributed by atoms with Gasteiger partial charge in [-0.1, -0.05) is 29.3 Å². The smallest absolute Gasteiger partial charge is 0.175 e. The molecule has 7 heteroatoms. The maximum atomic E-state index is 6.08. The van der Waals surface area contributed by atoms with Gasteiger partial charge in [0.15, 0.2) is 5.11 Å². The number of rotatable bonds is 2. The van der Waals surface area contributed by atoms with E-state index in [1.54, 1.807) is 22.9 Å². The normalized spacial score (nSPS) is 10.3. The monoisotopic (exact) mass is 314 g/mol. The first-order valence-corrected chi connectivity index (χ1v) is 6.66.